The minimum Gasteiger partial charge on any atom is -0.295 e. The van der Waals surface area contributed by atoms with Crippen molar-refractivity contribution in [1.29, 1.82) is 5.26 Å². The van der Waals surface area contributed by atoms with Crippen molar-refractivity contribution >= 4 is 15.9 Å². The molecule has 0 radical (unpaired) electrons. The van der Waals surface area contributed by atoms with Gasteiger partial charge in [0.25, 0.3) is 0 Å². The highest BCUT2D eigenvalue weighted by atomic mass is 79.9. The molecule has 1 heterocycles. The number of nitriles is 1. The van der Waals surface area contributed by atoms with Crippen LogP contribution in [0.15, 0.2) is 34.9 Å². The molecule has 0 spiro atoms. The first kappa shape index (κ1) is 10.9. The zero-order chi connectivity index (χ0) is 11.7. The van der Waals surface area contributed by atoms with Crippen LogP contribution in [0.3, 0.4) is 0 Å². The number of halogens is 2. The van der Waals surface area contributed by atoms with Gasteiger partial charge in [0.1, 0.15) is 17.6 Å². The van der Waals surface area contributed by atoms with Crippen LogP contribution < -0.4 is 0 Å². The Morgan fingerprint density at radius 1 is 1.31 bits per heavy atom. The van der Waals surface area contributed by atoms with Crippen molar-refractivity contribution in [2.45, 2.75) is 6.92 Å². The van der Waals surface area contributed by atoms with E-state index in [2.05, 4.69) is 22.0 Å². The first-order valence-electron chi connectivity index (χ1n) is 4.67. The Morgan fingerprint density at radius 2 is 2.06 bits per heavy atom. The van der Waals surface area contributed by atoms with E-state index < -0.39 is 0 Å². The van der Waals surface area contributed by atoms with Crippen molar-refractivity contribution in [1.82, 2.24) is 4.57 Å². The lowest BCUT2D eigenvalue weighted by Gasteiger charge is -2.07. The van der Waals surface area contributed by atoms with Gasteiger partial charge in [-0.05, 0) is 52.7 Å². The molecule has 0 amide bonds. The second-order valence-electron chi connectivity index (χ2n) is 3.42. The molecule has 0 N–H and O–H groups in total. The average Bonchev–Trinajstić information content (AvgIpc) is 2.64. The molecule has 2 aromatic rings. The van der Waals surface area contributed by atoms with Crippen LogP contribution >= 0.6 is 15.9 Å². The van der Waals surface area contributed by atoms with Gasteiger partial charge in [-0.25, -0.2) is 4.39 Å². The summed E-state index contributed by atoms with van der Waals surface area (Å²) < 4.78 is 15.8. The molecule has 0 fully saturated rings. The van der Waals surface area contributed by atoms with Crippen molar-refractivity contribution in [2.75, 3.05) is 0 Å². The maximum Gasteiger partial charge on any atom is 0.128 e. The van der Waals surface area contributed by atoms with E-state index in [1.165, 1.54) is 6.07 Å². The summed E-state index contributed by atoms with van der Waals surface area (Å²) in [6.07, 6.45) is 0. The second-order valence-corrected chi connectivity index (χ2v) is 4.23. The number of aromatic nitrogens is 1. The predicted molar refractivity (Wildman–Crippen MR) is 62.9 cm³/mol. The van der Waals surface area contributed by atoms with Crippen LogP contribution in [0.1, 0.15) is 11.3 Å². The van der Waals surface area contributed by atoms with Gasteiger partial charge < -0.3 is 0 Å². The Morgan fingerprint density at radius 3 is 2.69 bits per heavy atom. The maximum absolute atomic E-state index is 13.4. The molecule has 80 valence electrons. The highest BCUT2D eigenvalue weighted by Crippen LogP contribution is 2.22. The summed E-state index contributed by atoms with van der Waals surface area (Å²) in [6, 6.07) is 10.4. The summed E-state index contributed by atoms with van der Waals surface area (Å²) >= 11 is 3.33. The van der Waals surface area contributed by atoms with E-state index in [0.717, 1.165) is 4.60 Å². The number of hydrogen-bond acceptors (Lipinski definition) is 1. The molecule has 2 rings (SSSR count). The Bertz CT molecular complexity index is 581. The summed E-state index contributed by atoms with van der Waals surface area (Å²) in [5.74, 6) is -0.276. The standard InChI is InChI=1S/C12H8BrFN2/c1-8-2-3-9(6-11(8)14)16-10(7-15)4-5-12(16)13/h2-6H,1H3. The summed E-state index contributed by atoms with van der Waals surface area (Å²) in [6.45, 7) is 1.70. The largest absolute Gasteiger partial charge is 0.295 e. The summed E-state index contributed by atoms with van der Waals surface area (Å²) in [7, 11) is 0. The third kappa shape index (κ3) is 1.74. The molecule has 0 aliphatic heterocycles. The van der Waals surface area contributed by atoms with Crippen molar-refractivity contribution in [3.05, 3.63) is 52.0 Å². The Balaban J connectivity index is 2.63. The van der Waals surface area contributed by atoms with Gasteiger partial charge in [0.05, 0.1) is 10.3 Å². The third-order valence-corrected chi connectivity index (χ3v) is 2.98. The van der Waals surface area contributed by atoms with E-state index in [0.29, 0.717) is 16.9 Å². The van der Waals surface area contributed by atoms with Gasteiger partial charge in [0, 0.05) is 0 Å². The maximum atomic E-state index is 13.4. The molecule has 0 saturated heterocycles. The predicted octanol–water partition coefficient (Wildman–Crippen LogP) is 3.56. The van der Waals surface area contributed by atoms with Crippen LogP contribution in [0.25, 0.3) is 5.69 Å². The van der Waals surface area contributed by atoms with Gasteiger partial charge >= 0.3 is 0 Å². The molecule has 0 saturated carbocycles. The Kier molecular flexibility index (Phi) is 2.80. The quantitative estimate of drug-likeness (QED) is 0.784. The molecule has 0 aliphatic rings. The van der Waals surface area contributed by atoms with E-state index in [-0.39, 0.29) is 5.82 Å². The van der Waals surface area contributed by atoms with Crippen molar-refractivity contribution < 1.29 is 4.39 Å². The summed E-state index contributed by atoms with van der Waals surface area (Å²) in [5.41, 5.74) is 1.69. The number of nitrogens with zero attached hydrogens (tertiary/aromatic N) is 2. The smallest absolute Gasteiger partial charge is 0.128 e. The molecule has 1 aromatic heterocycles. The van der Waals surface area contributed by atoms with Gasteiger partial charge in [-0.1, -0.05) is 6.07 Å². The molecule has 4 heteroatoms. The van der Waals surface area contributed by atoms with Gasteiger partial charge in [0.15, 0.2) is 0 Å². The summed E-state index contributed by atoms with van der Waals surface area (Å²) in [4.78, 5) is 0. The highest BCUT2D eigenvalue weighted by Gasteiger charge is 2.09. The topological polar surface area (TPSA) is 28.7 Å². The van der Waals surface area contributed by atoms with Gasteiger partial charge in [-0.2, -0.15) is 5.26 Å². The van der Waals surface area contributed by atoms with Crippen LogP contribution in [0.5, 0.6) is 0 Å². The number of hydrogen-bond donors (Lipinski definition) is 0. The third-order valence-electron chi connectivity index (χ3n) is 2.36. The number of aryl methyl sites for hydroxylation is 1. The van der Waals surface area contributed by atoms with Crippen LogP contribution in [0, 0.1) is 24.1 Å². The molecule has 2 nitrogen and oxygen atoms in total. The highest BCUT2D eigenvalue weighted by molar-refractivity contribution is 9.10. The molecule has 0 unspecified atom stereocenters. The monoisotopic (exact) mass is 278 g/mol. The first-order valence-corrected chi connectivity index (χ1v) is 5.46. The van der Waals surface area contributed by atoms with Gasteiger partial charge in [0.2, 0.25) is 0 Å². The fourth-order valence-corrected chi connectivity index (χ4v) is 2.01. The van der Waals surface area contributed by atoms with Crippen LogP contribution in [-0.2, 0) is 0 Å². The Labute approximate surface area is 101 Å². The Hall–Kier alpha value is -1.60. The molecule has 0 atom stereocenters. The molecule has 1 aromatic carbocycles. The molecule has 16 heavy (non-hydrogen) atoms. The summed E-state index contributed by atoms with van der Waals surface area (Å²) in [5, 5.41) is 8.93. The van der Waals surface area contributed by atoms with E-state index in [1.807, 2.05) is 0 Å². The van der Waals surface area contributed by atoms with E-state index in [1.54, 1.807) is 35.8 Å². The average molecular weight is 279 g/mol. The molecular weight excluding hydrogens is 271 g/mol. The second kappa shape index (κ2) is 4.11. The van der Waals surface area contributed by atoms with Crippen LogP contribution in [0.4, 0.5) is 4.39 Å². The lowest BCUT2D eigenvalue weighted by atomic mass is 10.2. The molecule has 0 aliphatic carbocycles. The van der Waals surface area contributed by atoms with Crippen LogP contribution in [-0.4, -0.2) is 4.57 Å². The zero-order valence-corrected chi connectivity index (χ0v) is 10.1. The van der Waals surface area contributed by atoms with Gasteiger partial charge in [-0.15, -0.1) is 0 Å². The number of benzene rings is 1. The normalized spacial score (nSPS) is 10.1. The minimum atomic E-state index is -0.276. The van der Waals surface area contributed by atoms with Crippen LogP contribution in [0.2, 0.25) is 0 Å². The minimum absolute atomic E-state index is 0.276. The fourth-order valence-electron chi connectivity index (χ4n) is 1.48. The van der Waals surface area contributed by atoms with Gasteiger partial charge in [-0.3, -0.25) is 4.57 Å². The zero-order valence-electron chi connectivity index (χ0n) is 8.54. The van der Waals surface area contributed by atoms with E-state index >= 15 is 0 Å². The van der Waals surface area contributed by atoms with Crippen molar-refractivity contribution in [2.24, 2.45) is 0 Å². The lowest BCUT2D eigenvalue weighted by molar-refractivity contribution is 0.617. The number of rotatable bonds is 1. The van der Waals surface area contributed by atoms with E-state index in [9.17, 15) is 4.39 Å². The van der Waals surface area contributed by atoms with Crippen molar-refractivity contribution in [3.63, 3.8) is 0 Å². The molecular formula is C12H8BrFN2. The molecule has 0 bridgehead atoms. The van der Waals surface area contributed by atoms with E-state index in [4.69, 9.17) is 5.26 Å². The SMILES string of the molecule is Cc1ccc(-n2c(Br)ccc2C#N)cc1F. The van der Waals surface area contributed by atoms with Crippen molar-refractivity contribution in [3.8, 4) is 11.8 Å². The fraction of sp³-hybridized carbons (Fsp3) is 0.0833. The first-order chi connectivity index (χ1) is 7.63. The lowest BCUT2D eigenvalue weighted by Crippen LogP contribution is -1.98.